The van der Waals surface area contributed by atoms with Crippen molar-refractivity contribution in [3.63, 3.8) is 0 Å². The standard InChI is InChI=1S/C11H10Cl2O4/c1-16-8-6-4-3-5-7(8)9(14)11(12,13)10(15)17-2/h3-6H,1-2H3. The van der Waals surface area contributed by atoms with Gasteiger partial charge in [0.2, 0.25) is 5.78 Å². The SMILES string of the molecule is COC(=O)C(Cl)(Cl)C(=O)c1ccccc1OC. The summed E-state index contributed by atoms with van der Waals surface area (Å²) in [7, 11) is 2.49. The van der Waals surface area contributed by atoms with Gasteiger partial charge in [-0.15, -0.1) is 0 Å². The molecule has 0 bridgehead atoms. The van der Waals surface area contributed by atoms with E-state index in [4.69, 9.17) is 27.9 Å². The number of rotatable bonds is 4. The van der Waals surface area contributed by atoms with Crippen molar-refractivity contribution in [1.29, 1.82) is 0 Å². The van der Waals surface area contributed by atoms with E-state index in [0.29, 0.717) is 0 Å². The molecule has 0 radical (unpaired) electrons. The molecule has 0 unspecified atom stereocenters. The van der Waals surface area contributed by atoms with E-state index in [1.165, 1.54) is 13.2 Å². The van der Waals surface area contributed by atoms with Gasteiger partial charge in [0, 0.05) is 0 Å². The fourth-order valence-corrected chi connectivity index (χ4v) is 1.58. The average Bonchev–Trinajstić information content (AvgIpc) is 2.36. The highest BCUT2D eigenvalue weighted by molar-refractivity contribution is 6.68. The van der Waals surface area contributed by atoms with Crippen LogP contribution in [0.4, 0.5) is 0 Å². The molecule has 1 aromatic rings. The molecule has 0 saturated carbocycles. The van der Waals surface area contributed by atoms with Gasteiger partial charge in [0.15, 0.2) is 0 Å². The number of alkyl halides is 2. The third kappa shape index (κ3) is 2.70. The Morgan fingerprint density at radius 3 is 2.29 bits per heavy atom. The van der Waals surface area contributed by atoms with Crippen molar-refractivity contribution in [3.8, 4) is 5.75 Å². The van der Waals surface area contributed by atoms with Crippen LogP contribution in [0.1, 0.15) is 10.4 Å². The van der Waals surface area contributed by atoms with Gasteiger partial charge in [-0.25, -0.2) is 4.79 Å². The Labute approximate surface area is 108 Å². The number of carbonyl (C=O) groups excluding carboxylic acids is 2. The van der Waals surface area contributed by atoms with Crippen molar-refractivity contribution in [3.05, 3.63) is 29.8 Å². The van der Waals surface area contributed by atoms with Crippen LogP contribution in [-0.2, 0) is 9.53 Å². The summed E-state index contributed by atoms with van der Waals surface area (Å²) in [4.78, 5) is 23.3. The lowest BCUT2D eigenvalue weighted by Gasteiger charge is -2.16. The van der Waals surface area contributed by atoms with Gasteiger partial charge in [-0.2, -0.15) is 0 Å². The molecule has 0 aliphatic heterocycles. The second-order valence-electron chi connectivity index (χ2n) is 3.10. The number of ether oxygens (including phenoxy) is 2. The summed E-state index contributed by atoms with van der Waals surface area (Å²) >= 11 is 11.4. The van der Waals surface area contributed by atoms with Crippen molar-refractivity contribution in [1.82, 2.24) is 0 Å². The zero-order valence-electron chi connectivity index (χ0n) is 9.20. The van der Waals surface area contributed by atoms with Crippen LogP contribution >= 0.6 is 23.2 Å². The molecule has 0 N–H and O–H groups in total. The summed E-state index contributed by atoms with van der Waals surface area (Å²) in [5, 5.41) is 0. The molecule has 0 amide bonds. The number of methoxy groups -OCH3 is 2. The number of esters is 1. The predicted molar refractivity (Wildman–Crippen MR) is 63.8 cm³/mol. The monoisotopic (exact) mass is 276 g/mol. The minimum Gasteiger partial charge on any atom is -0.496 e. The summed E-state index contributed by atoms with van der Waals surface area (Å²) < 4.78 is 7.08. The number of hydrogen-bond acceptors (Lipinski definition) is 4. The second kappa shape index (κ2) is 5.38. The van der Waals surface area contributed by atoms with Gasteiger partial charge >= 0.3 is 5.97 Å². The highest BCUT2D eigenvalue weighted by Gasteiger charge is 2.44. The normalized spacial score (nSPS) is 10.8. The van der Waals surface area contributed by atoms with Crippen molar-refractivity contribution < 1.29 is 19.1 Å². The molecule has 0 aliphatic carbocycles. The fraction of sp³-hybridized carbons (Fsp3) is 0.273. The van der Waals surface area contributed by atoms with Gasteiger partial charge in [0.25, 0.3) is 4.33 Å². The number of ketones is 1. The highest BCUT2D eigenvalue weighted by Crippen LogP contribution is 2.31. The number of hydrogen-bond donors (Lipinski definition) is 0. The topological polar surface area (TPSA) is 52.6 Å². The first-order valence-corrected chi connectivity index (χ1v) is 5.34. The third-order valence-corrected chi connectivity index (χ3v) is 2.73. The molecule has 0 aliphatic rings. The lowest BCUT2D eigenvalue weighted by atomic mass is 10.1. The lowest BCUT2D eigenvalue weighted by Crippen LogP contribution is -2.36. The first-order chi connectivity index (χ1) is 7.95. The second-order valence-corrected chi connectivity index (χ2v) is 4.42. The highest BCUT2D eigenvalue weighted by atomic mass is 35.5. The summed E-state index contributed by atoms with van der Waals surface area (Å²) in [6, 6.07) is 6.31. The minimum absolute atomic E-state index is 0.116. The molecular weight excluding hydrogens is 267 g/mol. The van der Waals surface area contributed by atoms with E-state index in [0.717, 1.165) is 7.11 Å². The Hall–Kier alpha value is -1.26. The van der Waals surface area contributed by atoms with Crippen molar-refractivity contribution in [2.45, 2.75) is 4.33 Å². The van der Waals surface area contributed by atoms with Crippen LogP contribution in [0.3, 0.4) is 0 Å². The van der Waals surface area contributed by atoms with E-state index in [-0.39, 0.29) is 11.3 Å². The molecule has 17 heavy (non-hydrogen) atoms. The summed E-state index contributed by atoms with van der Waals surface area (Å²) in [6.45, 7) is 0. The summed E-state index contributed by atoms with van der Waals surface area (Å²) in [5.41, 5.74) is 0.116. The molecule has 0 saturated heterocycles. The van der Waals surface area contributed by atoms with E-state index in [1.54, 1.807) is 18.2 Å². The van der Waals surface area contributed by atoms with Gasteiger partial charge in [0.1, 0.15) is 5.75 Å². The molecule has 6 heteroatoms. The first kappa shape index (κ1) is 13.8. The van der Waals surface area contributed by atoms with Crippen LogP contribution in [-0.4, -0.2) is 30.3 Å². The van der Waals surface area contributed by atoms with Crippen molar-refractivity contribution in [2.24, 2.45) is 0 Å². The molecule has 4 nitrogen and oxygen atoms in total. The Morgan fingerprint density at radius 2 is 1.76 bits per heavy atom. The number of halogens is 2. The number of carbonyl (C=O) groups is 2. The van der Waals surface area contributed by atoms with Gasteiger partial charge in [-0.05, 0) is 12.1 Å². The molecule has 0 spiro atoms. The van der Waals surface area contributed by atoms with E-state index in [9.17, 15) is 9.59 Å². The quantitative estimate of drug-likeness (QED) is 0.366. The van der Waals surface area contributed by atoms with E-state index in [2.05, 4.69) is 4.74 Å². The van der Waals surface area contributed by atoms with E-state index in [1.807, 2.05) is 0 Å². The van der Waals surface area contributed by atoms with Crippen LogP contribution in [0.15, 0.2) is 24.3 Å². The van der Waals surface area contributed by atoms with Gasteiger partial charge < -0.3 is 9.47 Å². The molecule has 1 aromatic carbocycles. The number of benzene rings is 1. The van der Waals surface area contributed by atoms with Gasteiger partial charge in [-0.3, -0.25) is 4.79 Å². The van der Waals surface area contributed by atoms with Gasteiger partial charge in [0.05, 0.1) is 19.8 Å². The van der Waals surface area contributed by atoms with Crippen molar-refractivity contribution in [2.75, 3.05) is 14.2 Å². The van der Waals surface area contributed by atoms with Crippen LogP contribution in [0.2, 0.25) is 0 Å². The molecule has 0 aromatic heterocycles. The fourth-order valence-electron chi connectivity index (χ4n) is 1.22. The maximum Gasteiger partial charge on any atom is 0.350 e. The Bertz CT molecular complexity index is 443. The van der Waals surface area contributed by atoms with Gasteiger partial charge in [-0.1, -0.05) is 35.3 Å². The van der Waals surface area contributed by atoms with E-state index >= 15 is 0 Å². The first-order valence-electron chi connectivity index (χ1n) is 4.59. The van der Waals surface area contributed by atoms with Crippen LogP contribution in [0.5, 0.6) is 5.75 Å². The molecule has 0 heterocycles. The largest absolute Gasteiger partial charge is 0.496 e. The molecule has 92 valence electrons. The smallest absolute Gasteiger partial charge is 0.350 e. The summed E-state index contributed by atoms with van der Waals surface area (Å²) in [6.07, 6.45) is 0. The van der Waals surface area contributed by atoms with Crippen LogP contribution in [0, 0.1) is 0 Å². The lowest BCUT2D eigenvalue weighted by molar-refractivity contribution is -0.140. The number of para-hydroxylation sites is 1. The summed E-state index contributed by atoms with van der Waals surface area (Å²) in [5.74, 6) is -1.53. The Morgan fingerprint density at radius 1 is 1.18 bits per heavy atom. The van der Waals surface area contributed by atoms with E-state index < -0.39 is 16.1 Å². The molecular formula is C11H10Cl2O4. The molecule has 0 atom stereocenters. The third-order valence-electron chi connectivity index (χ3n) is 2.08. The molecule has 0 fully saturated rings. The Kier molecular flexibility index (Phi) is 4.37. The van der Waals surface area contributed by atoms with Crippen LogP contribution in [0.25, 0.3) is 0 Å². The zero-order valence-corrected chi connectivity index (χ0v) is 10.7. The average molecular weight is 277 g/mol. The minimum atomic E-state index is -2.27. The van der Waals surface area contributed by atoms with Crippen LogP contribution < -0.4 is 4.74 Å². The maximum atomic E-state index is 12.0. The zero-order chi connectivity index (χ0) is 13.1. The van der Waals surface area contributed by atoms with Crippen molar-refractivity contribution >= 4 is 35.0 Å². The Balaban J connectivity index is 3.16. The predicted octanol–water partition coefficient (Wildman–Crippen LogP) is 2.22. The number of Topliss-reactive ketones (excluding diaryl/α,β-unsaturated/α-hetero) is 1. The maximum absolute atomic E-state index is 12.0. The molecule has 1 rings (SSSR count).